The Morgan fingerprint density at radius 2 is 1.69 bits per heavy atom. The lowest BCUT2D eigenvalue weighted by Gasteiger charge is -2.11. The van der Waals surface area contributed by atoms with Crippen LogP contribution in [0.5, 0.6) is 0 Å². The van der Waals surface area contributed by atoms with E-state index in [9.17, 15) is 4.39 Å². The highest BCUT2D eigenvalue weighted by molar-refractivity contribution is 5.66. The van der Waals surface area contributed by atoms with Gasteiger partial charge in [-0.15, -0.1) is 0 Å². The molecular weight excluding hydrogens is 201 g/mol. The second-order valence-corrected chi connectivity index (χ2v) is 4.32. The molecule has 0 atom stereocenters. The Labute approximate surface area is 95.5 Å². The number of aromatic nitrogens is 1. The van der Waals surface area contributed by atoms with E-state index in [-0.39, 0.29) is 5.82 Å². The zero-order chi connectivity index (χ0) is 11.7. The summed E-state index contributed by atoms with van der Waals surface area (Å²) in [5.74, 6) is -0.190. The maximum Gasteiger partial charge on any atom is 0.123 e. The van der Waals surface area contributed by atoms with Crippen molar-refractivity contribution in [3.63, 3.8) is 0 Å². The van der Waals surface area contributed by atoms with Gasteiger partial charge in [-0.2, -0.15) is 0 Å². The number of hydrogen-bond acceptors (Lipinski definition) is 0. The van der Waals surface area contributed by atoms with Crippen LogP contribution in [0.3, 0.4) is 0 Å². The van der Waals surface area contributed by atoms with E-state index >= 15 is 0 Å². The Morgan fingerprint density at radius 1 is 1.06 bits per heavy atom. The molecule has 1 aromatic carbocycles. The van der Waals surface area contributed by atoms with Gasteiger partial charge < -0.3 is 4.57 Å². The van der Waals surface area contributed by atoms with Crippen LogP contribution in [-0.4, -0.2) is 4.57 Å². The van der Waals surface area contributed by atoms with Crippen molar-refractivity contribution in [3.8, 4) is 11.1 Å². The van der Waals surface area contributed by atoms with Crippen molar-refractivity contribution < 1.29 is 4.39 Å². The number of nitrogens with zero attached hydrogens (tertiary/aromatic N) is 1. The van der Waals surface area contributed by atoms with E-state index in [1.807, 2.05) is 12.1 Å². The maximum atomic E-state index is 12.8. The molecule has 0 unspecified atom stereocenters. The molecule has 0 amide bonds. The molecule has 0 fully saturated rings. The van der Waals surface area contributed by atoms with E-state index < -0.39 is 0 Å². The van der Waals surface area contributed by atoms with Gasteiger partial charge in [0.1, 0.15) is 5.82 Å². The predicted octanol–water partition coefficient (Wildman–Crippen LogP) is 4.18. The van der Waals surface area contributed by atoms with E-state index in [2.05, 4.69) is 37.6 Å². The van der Waals surface area contributed by atoms with Gasteiger partial charge in [0.15, 0.2) is 0 Å². The van der Waals surface area contributed by atoms with Crippen molar-refractivity contribution >= 4 is 0 Å². The van der Waals surface area contributed by atoms with Gasteiger partial charge in [-0.3, -0.25) is 0 Å². The Kier molecular flexibility index (Phi) is 2.82. The molecule has 16 heavy (non-hydrogen) atoms. The first kappa shape index (κ1) is 10.9. The van der Waals surface area contributed by atoms with Crippen molar-refractivity contribution in [1.29, 1.82) is 0 Å². The van der Waals surface area contributed by atoms with E-state index in [0.29, 0.717) is 6.04 Å². The molecule has 0 saturated heterocycles. The predicted molar refractivity (Wildman–Crippen MR) is 64.9 cm³/mol. The van der Waals surface area contributed by atoms with Crippen LogP contribution in [0.4, 0.5) is 4.39 Å². The number of halogens is 1. The zero-order valence-corrected chi connectivity index (χ0v) is 9.87. The molecular formula is C14H16FN. The average molecular weight is 217 g/mol. The summed E-state index contributed by atoms with van der Waals surface area (Å²) in [6, 6.07) is 9.19. The molecule has 0 N–H and O–H groups in total. The lowest BCUT2D eigenvalue weighted by atomic mass is 10.1. The Balaban J connectivity index is 2.45. The molecule has 0 radical (unpaired) electrons. The first-order valence-corrected chi connectivity index (χ1v) is 5.53. The van der Waals surface area contributed by atoms with Crippen LogP contribution >= 0.6 is 0 Å². The Morgan fingerprint density at radius 3 is 2.19 bits per heavy atom. The van der Waals surface area contributed by atoms with Crippen molar-refractivity contribution in [3.05, 3.63) is 48.0 Å². The monoisotopic (exact) mass is 217 g/mol. The third-order valence-corrected chi connectivity index (χ3v) is 2.89. The molecule has 0 aliphatic rings. The molecule has 0 spiro atoms. The molecule has 84 valence electrons. The molecule has 2 aromatic rings. The summed E-state index contributed by atoms with van der Waals surface area (Å²) in [7, 11) is 0. The SMILES string of the molecule is Cc1c(-c2ccc(F)cc2)ccn1C(C)C. The van der Waals surface area contributed by atoms with Crippen molar-refractivity contribution in [1.82, 2.24) is 4.57 Å². The minimum absolute atomic E-state index is 0.190. The third-order valence-electron chi connectivity index (χ3n) is 2.89. The van der Waals surface area contributed by atoms with Gasteiger partial charge in [0.05, 0.1) is 0 Å². The fraction of sp³-hybridized carbons (Fsp3) is 0.286. The molecule has 1 nitrogen and oxygen atoms in total. The molecule has 1 aromatic heterocycles. The van der Waals surface area contributed by atoms with Gasteiger partial charge in [0.2, 0.25) is 0 Å². The second kappa shape index (κ2) is 4.12. The van der Waals surface area contributed by atoms with E-state index in [1.165, 1.54) is 23.4 Å². The average Bonchev–Trinajstić information content (AvgIpc) is 2.61. The molecule has 0 aliphatic carbocycles. The smallest absolute Gasteiger partial charge is 0.123 e. The van der Waals surface area contributed by atoms with Crippen LogP contribution in [0.2, 0.25) is 0 Å². The lowest BCUT2D eigenvalue weighted by Crippen LogP contribution is -2.00. The summed E-state index contributed by atoms with van der Waals surface area (Å²) >= 11 is 0. The van der Waals surface area contributed by atoms with Crippen molar-refractivity contribution in [2.45, 2.75) is 26.8 Å². The van der Waals surface area contributed by atoms with Gasteiger partial charge >= 0.3 is 0 Å². The van der Waals surface area contributed by atoms with Crippen LogP contribution < -0.4 is 0 Å². The summed E-state index contributed by atoms with van der Waals surface area (Å²) in [6.45, 7) is 6.40. The first-order chi connectivity index (χ1) is 7.59. The number of benzene rings is 1. The van der Waals surface area contributed by atoms with E-state index in [1.54, 1.807) is 0 Å². The molecule has 2 rings (SSSR count). The normalized spacial score (nSPS) is 11.1. The topological polar surface area (TPSA) is 4.93 Å². The van der Waals surface area contributed by atoms with Crippen LogP contribution in [0.15, 0.2) is 36.5 Å². The largest absolute Gasteiger partial charge is 0.349 e. The van der Waals surface area contributed by atoms with Crippen LogP contribution in [0.25, 0.3) is 11.1 Å². The summed E-state index contributed by atoms with van der Waals surface area (Å²) in [5.41, 5.74) is 3.47. The summed E-state index contributed by atoms with van der Waals surface area (Å²) in [4.78, 5) is 0. The fourth-order valence-corrected chi connectivity index (χ4v) is 2.02. The quantitative estimate of drug-likeness (QED) is 0.711. The van der Waals surface area contributed by atoms with Gasteiger partial charge in [0.25, 0.3) is 0 Å². The van der Waals surface area contributed by atoms with Crippen LogP contribution in [-0.2, 0) is 0 Å². The van der Waals surface area contributed by atoms with E-state index in [0.717, 1.165) is 5.56 Å². The first-order valence-electron chi connectivity index (χ1n) is 5.53. The minimum atomic E-state index is -0.190. The van der Waals surface area contributed by atoms with Gasteiger partial charge in [0, 0.05) is 23.5 Å². The maximum absolute atomic E-state index is 12.8. The molecule has 1 heterocycles. The highest BCUT2D eigenvalue weighted by Gasteiger charge is 2.08. The molecule has 2 heteroatoms. The molecule has 0 aliphatic heterocycles. The van der Waals surface area contributed by atoms with Gasteiger partial charge in [-0.1, -0.05) is 12.1 Å². The summed E-state index contributed by atoms with van der Waals surface area (Å²) in [6.07, 6.45) is 2.08. The minimum Gasteiger partial charge on any atom is -0.349 e. The summed E-state index contributed by atoms with van der Waals surface area (Å²) in [5, 5.41) is 0. The van der Waals surface area contributed by atoms with Crippen LogP contribution in [0, 0.1) is 12.7 Å². The van der Waals surface area contributed by atoms with Gasteiger partial charge in [-0.05, 0) is 44.5 Å². The van der Waals surface area contributed by atoms with Gasteiger partial charge in [-0.25, -0.2) is 4.39 Å². The van der Waals surface area contributed by atoms with Crippen molar-refractivity contribution in [2.24, 2.45) is 0 Å². The molecule has 0 bridgehead atoms. The standard InChI is InChI=1S/C14H16FN/c1-10(2)16-9-8-14(11(16)3)12-4-6-13(15)7-5-12/h4-10H,1-3H3. The second-order valence-electron chi connectivity index (χ2n) is 4.32. The zero-order valence-electron chi connectivity index (χ0n) is 9.87. The Bertz CT molecular complexity index is 480. The highest BCUT2D eigenvalue weighted by Crippen LogP contribution is 2.26. The van der Waals surface area contributed by atoms with E-state index in [4.69, 9.17) is 0 Å². The molecule has 0 saturated carbocycles. The third kappa shape index (κ3) is 1.87. The number of hydrogen-bond donors (Lipinski definition) is 0. The Hall–Kier alpha value is -1.57. The highest BCUT2D eigenvalue weighted by atomic mass is 19.1. The fourth-order valence-electron chi connectivity index (χ4n) is 2.02. The lowest BCUT2D eigenvalue weighted by molar-refractivity contribution is 0.589. The summed E-state index contributed by atoms with van der Waals surface area (Å²) < 4.78 is 15.1. The van der Waals surface area contributed by atoms with Crippen LogP contribution in [0.1, 0.15) is 25.6 Å². The van der Waals surface area contributed by atoms with Crippen molar-refractivity contribution in [2.75, 3.05) is 0 Å². The number of rotatable bonds is 2.